The molecule has 0 unspecified atom stereocenters. The van der Waals surface area contributed by atoms with Crippen molar-refractivity contribution in [2.45, 2.75) is 82.2 Å². The lowest BCUT2D eigenvalue weighted by molar-refractivity contribution is -0.131. The summed E-state index contributed by atoms with van der Waals surface area (Å²) < 4.78 is 0. The van der Waals surface area contributed by atoms with Crippen LogP contribution in [0, 0.1) is 5.92 Å². The Morgan fingerprint density at radius 3 is 2.43 bits per heavy atom. The molecule has 1 heterocycles. The molecule has 0 bridgehead atoms. The molecule has 0 atom stereocenters. The maximum absolute atomic E-state index is 12.1. The fourth-order valence-corrected chi connectivity index (χ4v) is 4.59. The van der Waals surface area contributed by atoms with Crippen LogP contribution in [0.4, 0.5) is 0 Å². The zero-order valence-corrected chi connectivity index (χ0v) is 13.2. The molecule has 0 radical (unpaired) electrons. The largest absolute Gasteiger partial charge is 0.353 e. The minimum atomic E-state index is 0.101. The van der Waals surface area contributed by atoms with Crippen LogP contribution >= 0.6 is 0 Å². The molecule has 2 saturated carbocycles. The zero-order valence-electron chi connectivity index (χ0n) is 13.2. The zero-order chi connectivity index (χ0) is 14.9. The van der Waals surface area contributed by atoms with Crippen LogP contribution in [0.2, 0.25) is 0 Å². The summed E-state index contributed by atoms with van der Waals surface area (Å²) in [6, 6.07) is 0.327. The van der Waals surface area contributed by atoms with Gasteiger partial charge in [0.2, 0.25) is 11.8 Å². The van der Waals surface area contributed by atoms with Crippen molar-refractivity contribution >= 4 is 11.8 Å². The first kappa shape index (κ1) is 14.9. The van der Waals surface area contributed by atoms with Gasteiger partial charge in [0.1, 0.15) is 0 Å². The molecular weight excluding hydrogens is 264 g/mol. The van der Waals surface area contributed by atoms with Gasteiger partial charge in [0.05, 0.1) is 0 Å². The third-order valence-electron chi connectivity index (χ3n) is 6.12. The van der Waals surface area contributed by atoms with Crippen molar-refractivity contribution < 1.29 is 9.59 Å². The minimum Gasteiger partial charge on any atom is -0.353 e. The topological polar surface area (TPSA) is 49.4 Å². The first-order valence-corrected chi connectivity index (χ1v) is 8.65. The van der Waals surface area contributed by atoms with Crippen LogP contribution < -0.4 is 5.32 Å². The third kappa shape index (κ3) is 3.09. The maximum atomic E-state index is 12.1. The second-order valence-corrected chi connectivity index (χ2v) is 7.37. The highest BCUT2D eigenvalue weighted by Crippen LogP contribution is 2.41. The van der Waals surface area contributed by atoms with E-state index in [4.69, 9.17) is 0 Å². The molecule has 3 aliphatic rings. The van der Waals surface area contributed by atoms with Gasteiger partial charge in [-0.2, -0.15) is 0 Å². The van der Waals surface area contributed by atoms with Gasteiger partial charge in [-0.25, -0.2) is 0 Å². The van der Waals surface area contributed by atoms with Crippen LogP contribution in [0.25, 0.3) is 0 Å². The number of likely N-dealkylation sites (tertiary alicyclic amines) is 1. The van der Waals surface area contributed by atoms with Crippen LogP contribution in [0.1, 0.15) is 70.6 Å². The molecule has 4 heteroatoms. The lowest BCUT2D eigenvalue weighted by Gasteiger charge is -2.42. The lowest BCUT2D eigenvalue weighted by Crippen LogP contribution is -2.49. The standard InChI is InChI=1S/C17H28N2O2/c1-19-16(21)8-11-17(19)9-6-14(7-10-17)18-15(20)12-13-4-2-3-5-13/h13-14H,2-12H2,1H3,(H,18,20). The summed E-state index contributed by atoms with van der Waals surface area (Å²) in [7, 11) is 1.95. The number of hydrogen-bond donors (Lipinski definition) is 1. The number of nitrogens with zero attached hydrogens (tertiary/aromatic N) is 1. The summed E-state index contributed by atoms with van der Waals surface area (Å²) in [6.07, 6.45) is 11.6. The molecule has 4 nitrogen and oxygen atoms in total. The van der Waals surface area contributed by atoms with Gasteiger partial charge in [0.15, 0.2) is 0 Å². The Morgan fingerprint density at radius 1 is 1.19 bits per heavy atom. The average molecular weight is 292 g/mol. The number of rotatable bonds is 3. The third-order valence-corrected chi connectivity index (χ3v) is 6.12. The molecular formula is C17H28N2O2. The van der Waals surface area contributed by atoms with Crippen LogP contribution in [-0.4, -0.2) is 35.3 Å². The summed E-state index contributed by atoms with van der Waals surface area (Å²) in [5, 5.41) is 3.24. The normalized spacial score (nSPS) is 33.9. The van der Waals surface area contributed by atoms with Crippen molar-refractivity contribution in [3.63, 3.8) is 0 Å². The SMILES string of the molecule is CN1C(=O)CCC12CCC(NC(=O)CC1CCCC1)CC2. The van der Waals surface area contributed by atoms with Gasteiger partial charge in [-0.15, -0.1) is 0 Å². The Hall–Kier alpha value is -1.06. The van der Waals surface area contributed by atoms with E-state index in [-0.39, 0.29) is 11.4 Å². The Kier molecular flexibility index (Phi) is 4.23. The first-order valence-electron chi connectivity index (χ1n) is 8.65. The number of hydrogen-bond acceptors (Lipinski definition) is 2. The molecule has 2 amide bonds. The van der Waals surface area contributed by atoms with Gasteiger partial charge in [-0.1, -0.05) is 12.8 Å². The molecule has 1 aliphatic heterocycles. The summed E-state index contributed by atoms with van der Waals surface area (Å²) in [6.45, 7) is 0. The quantitative estimate of drug-likeness (QED) is 0.869. The Bertz CT molecular complexity index is 407. The Morgan fingerprint density at radius 2 is 1.86 bits per heavy atom. The van der Waals surface area contributed by atoms with E-state index < -0.39 is 0 Å². The molecule has 3 fully saturated rings. The van der Waals surface area contributed by atoms with Crippen molar-refractivity contribution in [1.29, 1.82) is 0 Å². The van der Waals surface area contributed by atoms with Gasteiger partial charge in [-0.05, 0) is 50.9 Å². The molecule has 0 aromatic heterocycles. The maximum Gasteiger partial charge on any atom is 0.222 e. The molecule has 118 valence electrons. The highest BCUT2D eigenvalue weighted by molar-refractivity contribution is 5.79. The van der Waals surface area contributed by atoms with E-state index in [9.17, 15) is 9.59 Å². The number of amides is 2. The highest BCUT2D eigenvalue weighted by Gasteiger charge is 2.45. The Labute approximate surface area is 127 Å². The predicted molar refractivity (Wildman–Crippen MR) is 81.7 cm³/mol. The van der Waals surface area contributed by atoms with E-state index in [0.29, 0.717) is 24.3 Å². The number of carbonyl (C=O) groups is 2. The molecule has 0 aromatic rings. The molecule has 21 heavy (non-hydrogen) atoms. The monoisotopic (exact) mass is 292 g/mol. The van der Waals surface area contributed by atoms with Gasteiger partial charge >= 0.3 is 0 Å². The van der Waals surface area contributed by atoms with Crippen LogP contribution in [0.15, 0.2) is 0 Å². The van der Waals surface area contributed by atoms with Crippen LogP contribution in [0.3, 0.4) is 0 Å². The predicted octanol–water partition coefficient (Wildman–Crippen LogP) is 2.62. The summed E-state index contributed by atoms with van der Waals surface area (Å²) >= 11 is 0. The summed E-state index contributed by atoms with van der Waals surface area (Å²) in [5.74, 6) is 1.16. The van der Waals surface area contributed by atoms with E-state index in [1.807, 2.05) is 11.9 Å². The van der Waals surface area contributed by atoms with Crippen LogP contribution in [-0.2, 0) is 9.59 Å². The van der Waals surface area contributed by atoms with Crippen molar-refractivity contribution in [1.82, 2.24) is 10.2 Å². The molecule has 2 aliphatic carbocycles. The van der Waals surface area contributed by atoms with Gasteiger partial charge in [0.25, 0.3) is 0 Å². The average Bonchev–Trinajstić information content (AvgIpc) is 3.06. The van der Waals surface area contributed by atoms with Gasteiger partial charge < -0.3 is 10.2 Å². The van der Waals surface area contributed by atoms with Gasteiger partial charge in [0, 0.05) is 31.5 Å². The van der Waals surface area contributed by atoms with Crippen molar-refractivity contribution in [3.8, 4) is 0 Å². The summed E-state index contributed by atoms with van der Waals surface area (Å²) in [4.78, 5) is 25.9. The van der Waals surface area contributed by atoms with Crippen LogP contribution in [0.5, 0.6) is 0 Å². The fourth-order valence-electron chi connectivity index (χ4n) is 4.59. The first-order chi connectivity index (χ1) is 10.1. The van der Waals surface area contributed by atoms with Crippen molar-refractivity contribution in [2.24, 2.45) is 5.92 Å². The molecule has 1 saturated heterocycles. The number of nitrogens with one attached hydrogen (secondary N) is 1. The van der Waals surface area contributed by atoms with E-state index in [1.165, 1.54) is 25.7 Å². The second-order valence-electron chi connectivity index (χ2n) is 7.37. The minimum absolute atomic E-state index is 0.101. The van der Waals surface area contributed by atoms with Crippen molar-refractivity contribution in [2.75, 3.05) is 7.05 Å². The van der Waals surface area contributed by atoms with E-state index in [0.717, 1.165) is 38.5 Å². The van der Waals surface area contributed by atoms with E-state index in [2.05, 4.69) is 5.32 Å². The lowest BCUT2D eigenvalue weighted by atomic mass is 9.77. The van der Waals surface area contributed by atoms with Crippen molar-refractivity contribution in [3.05, 3.63) is 0 Å². The smallest absolute Gasteiger partial charge is 0.222 e. The molecule has 3 rings (SSSR count). The fraction of sp³-hybridized carbons (Fsp3) is 0.882. The molecule has 0 aromatic carbocycles. The van der Waals surface area contributed by atoms with E-state index >= 15 is 0 Å². The summed E-state index contributed by atoms with van der Waals surface area (Å²) in [5.41, 5.74) is 0.101. The molecule has 1 spiro atoms. The second kappa shape index (κ2) is 5.98. The Balaban J connectivity index is 1.45. The molecule has 1 N–H and O–H groups in total. The number of carbonyl (C=O) groups excluding carboxylic acids is 2. The van der Waals surface area contributed by atoms with E-state index in [1.54, 1.807) is 0 Å². The highest BCUT2D eigenvalue weighted by atomic mass is 16.2. The van der Waals surface area contributed by atoms with Gasteiger partial charge in [-0.3, -0.25) is 9.59 Å².